The Hall–Kier alpha value is -0.440. The van der Waals surface area contributed by atoms with Crippen molar-refractivity contribution >= 4 is 28.1 Å². The Morgan fingerprint density at radius 1 is 1.75 bits per heavy atom. The van der Waals surface area contributed by atoms with Crippen molar-refractivity contribution in [1.82, 2.24) is 0 Å². The van der Waals surface area contributed by atoms with Crippen LogP contribution in [0, 0.1) is 0 Å². The van der Waals surface area contributed by atoms with Crippen molar-refractivity contribution in [2.45, 2.75) is 6.42 Å². The highest BCUT2D eigenvalue weighted by Crippen LogP contribution is 2.07. The van der Waals surface area contributed by atoms with Crippen LogP contribution in [0.1, 0.15) is 6.42 Å². The summed E-state index contributed by atoms with van der Waals surface area (Å²) in [5.41, 5.74) is 0. The molecular weight excluding hydrogens is 170 g/mol. The second-order valence-corrected chi connectivity index (χ2v) is 2.36. The first-order valence-electron chi connectivity index (χ1n) is 2.21. The van der Waals surface area contributed by atoms with Gasteiger partial charge in [0.1, 0.15) is 0 Å². The van der Waals surface area contributed by atoms with E-state index in [2.05, 4.69) is 20.9 Å². The zero-order chi connectivity index (χ0) is 5.98. The molecule has 0 fully saturated rings. The van der Waals surface area contributed by atoms with Gasteiger partial charge in [-0.05, 0) is 15.9 Å². The van der Waals surface area contributed by atoms with E-state index in [0.29, 0.717) is 6.42 Å². The molecule has 0 spiro atoms. The van der Waals surface area contributed by atoms with Gasteiger partial charge in [-0.2, -0.15) is 0 Å². The number of rotatable bonds is 0. The lowest BCUT2D eigenvalue weighted by molar-refractivity contribution is -0.117. The number of carbonyl (C=O) groups excluding carboxylic acids is 1. The molecule has 0 saturated carbocycles. The zero-order valence-electron chi connectivity index (χ0n) is 4.10. The molecule has 0 aliphatic carbocycles. The molecule has 0 aromatic heterocycles. The number of carbonyl (C=O) groups is 1. The SMILES string of the molecule is O=C1CC=C(Br)C=N1. The van der Waals surface area contributed by atoms with E-state index in [1.54, 1.807) is 6.08 Å². The number of hydrogen-bond acceptors (Lipinski definition) is 1. The minimum absolute atomic E-state index is 0.0757. The lowest BCUT2D eigenvalue weighted by Crippen LogP contribution is -1.96. The average molecular weight is 174 g/mol. The summed E-state index contributed by atoms with van der Waals surface area (Å²) in [6.07, 6.45) is 3.72. The van der Waals surface area contributed by atoms with Crippen molar-refractivity contribution in [3.8, 4) is 0 Å². The number of aliphatic imine (C=N–C) groups is 1. The predicted octanol–water partition coefficient (Wildman–Crippen LogP) is 1.27. The van der Waals surface area contributed by atoms with Crippen molar-refractivity contribution in [2.75, 3.05) is 0 Å². The average Bonchev–Trinajstić information content (AvgIpc) is 1.77. The molecule has 2 nitrogen and oxygen atoms in total. The Balaban J connectivity index is 2.71. The van der Waals surface area contributed by atoms with Crippen LogP contribution in [-0.2, 0) is 4.79 Å². The number of dihydropyridines is 1. The number of nitrogens with zero attached hydrogens (tertiary/aromatic N) is 1. The van der Waals surface area contributed by atoms with E-state index >= 15 is 0 Å². The molecule has 0 atom stereocenters. The molecule has 1 heterocycles. The Morgan fingerprint density at radius 2 is 2.50 bits per heavy atom. The van der Waals surface area contributed by atoms with Gasteiger partial charge in [-0.1, -0.05) is 6.08 Å². The molecule has 0 unspecified atom stereocenters. The van der Waals surface area contributed by atoms with E-state index in [-0.39, 0.29) is 5.91 Å². The third-order valence-electron chi connectivity index (χ3n) is 0.804. The third kappa shape index (κ3) is 1.26. The van der Waals surface area contributed by atoms with Gasteiger partial charge in [-0.25, -0.2) is 4.99 Å². The van der Waals surface area contributed by atoms with Gasteiger partial charge in [-0.3, -0.25) is 4.79 Å². The Bertz CT molecular complexity index is 169. The van der Waals surface area contributed by atoms with Gasteiger partial charge in [-0.15, -0.1) is 0 Å². The van der Waals surface area contributed by atoms with Gasteiger partial charge < -0.3 is 0 Å². The Labute approximate surface area is 55.4 Å². The van der Waals surface area contributed by atoms with Crippen LogP contribution in [0.25, 0.3) is 0 Å². The zero-order valence-corrected chi connectivity index (χ0v) is 5.68. The lowest BCUT2D eigenvalue weighted by atomic mass is 10.3. The van der Waals surface area contributed by atoms with Gasteiger partial charge in [0, 0.05) is 17.1 Å². The summed E-state index contributed by atoms with van der Waals surface area (Å²) in [5.74, 6) is -0.0757. The molecule has 3 heteroatoms. The first kappa shape index (κ1) is 5.69. The fourth-order valence-electron chi connectivity index (χ4n) is 0.424. The van der Waals surface area contributed by atoms with E-state index < -0.39 is 0 Å². The minimum Gasteiger partial charge on any atom is -0.272 e. The molecule has 1 rings (SSSR count). The van der Waals surface area contributed by atoms with Crippen LogP contribution in [-0.4, -0.2) is 12.1 Å². The van der Waals surface area contributed by atoms with Crippen LogP contribution in [0.4, 0.5) is 0 Å². The van der Waals surface area contributed by atoms with Crippen molar-refractivity contribution in [3.63, 3.8) is 0 Å². The Kier molecular flexibility index (Phi) is 1.58. The molecule has 0 aromatic rings. The van der Waals surface area contributed by atoms with E-state index in [1.165, 1.54) is 6.21 Å². The van der Waals surface area contributed by atoms with E-state index in [4.69, 9.17) is 0 Å². The fraction of sp³-hybridized carbons (Fsp3) is 0.200. The molecule has 0 bridgehead atoms. The maximum absolute atomic E-state index is 10.3. The highest BCUT2D eigenvalue weighted by molar-refractivity contribution is 9.12. The molecule has 0 aromatic carbocycles. The number of hydrogen-bond donors (Lipinski definition) is 0. The molecule has 0 radical (unpaired) electrons. The summed E-state index contributed by atoms with van der Waals surface area (Å²) in [6.45, 7) is 0. The maximum atomic E-state index is 10.3. The van der Waals surface area contributed by atoms with E-state index in [0.717, 1.165) is 4.48 Å². The van der Waals surface area contributed by atoms with Gasteiger partial charge in [0.25, 0.3) is 0 Å². The highest BCUT2D eigenvalue weighted by Gasteiger charge is 1.99. The molecule has 1 amide bonds. The maximum Gasteiger partial charge on any atom is 0.249 e. The molecule has 8 heavy (non-hydrogen) atoms. The molecule has 42 valence electrons. The summed E-state index contributed by atoms with van der Waals surface area (Å²) < 4.78 is 0.886. The topological polar surface area (TPSA) is 29.4 Å². The predicted molar refractivity (Wildman–Crippen MR) is 35.1 cm³/mol. The van der Waals surface area contributed by atoms with Crippen LogP contribution in [0.2, 0.25) is 0 Å². The van der Waals surface area contributed by atoms with Gasteiger partial charge in [0.2, 0.25) is 5.91 Å². The van der Waals surface area contributed by atoms with Crippen LogP contribution in [0.5, 0.6) is 0 Å². The first-order valence-corrected chi connectivity index (χ1v) is 3.01. The molecule has 1 aliphatic rings. The monoisotopic (exact) mass is 173 g/mol. The summed E-state index contributed by atoms with van der Waals surface area (Å²) in [5, 5.41) is 0. The number of allylic oxidation sites excluding steroid dienone is 1. The first-order chi connectivity index (χ1) is 3.79. The summed E-state index contributed by atoms with van der Waals surface area (Å²) in [6, 6.07) is 0. The van der Waals surface area contributed by atoms with Crippen molar-refractivity contribution in [1.29, 1.82) is 0 Å². The second-order valence-electron chi connectivity index (χ2n) is 1.45. The molecule has 1 aliphatic heterocycles. The normalized spacial score (nSPS) is 18.6. The quantitative estimate of drug-likeness (QED) is 0.543. The second kappa shape index (κ2) is 2.22. The third-order valence-corrected chi connectivity index (χ3v) is 1.33. The summed E-state index contributed by atoms with van der Waals surface area (Å²) >= 11 is 3.18. The van der Waals surface area contributed by atoms with Crippen LogP contribution < -0.4 is 0 Å². The van der Waals surface area contributed by atoms with Crippen LogP contribution in [0.3, 0.4) is 0 Å². The van der Waals surface area contributed by atoms with Crippen molar-refractivity contribution < 1.29 is 4.79 Å². The number of halogens is 1. The molecule has 0 saturated heterocycles. The van der Waals surface area contributed by atoms with E-state index in [9.17, 15) is 4.79 Å². The van der Waals surface area contributed by atoms with Gasteiger partial charge >= 0.3 is 0 Å². The van der Waals surface area contributed by atoms with Crippen LogP contribution >= 0.6 is 15.9 Å². The van der Waals surface area contributed by atoms with Gasteiger partial charge in [0.15, 0.2) is 0 Å². The summed E-state index contributed by atoms with van der Waals surface area (Å²) in [4.78, 5) is 13.9. The Morgan fingerprint density at radius 3 is 2.88 bits per heavy atom. The molecule has 0 N–H and O–H groups in total. The highest BCUT2D eigenvalue weighted by atomic mass is 79.9. The number of amides is 1. The van der Waals surface area contributed by atoms with Gasteiger partial charge in [0.05, 0.1) is 0 Å². The van der Waals surface area contributed by atoms with Crippen molar-refractivity contribution in [2.24, 2.45) is 4.99 Å². The summed E-state index contributed by atoms with van der Waals surface area (Å²) in [7, 11) is 0. The lowest BCUT2D eigenvalue weighted by Gasteiger charge is -1.94. The fourth-order valence-corrected chi connectivity index (χ4v) is 0.688. The standard InChI is InChI=1S/C5H4BrNO/c6-4-1-2-5(8)7-3-4/h1,3H,2H2. The largest absolute Gasteiger partial charge is 0.272 e. The smallest absolute Gasteiger partial charge is 0.249 e. The van der Waals surface area contributed by atoms with E-state index in [1.807, 2.05) is 0 Å². The minimum atomic E-state index is -0.0757. The van der Waals surface area contributed by atoms with Crippen molar-refractivity contribution in [3.05, 3.63) is 10.6 Å². The van der Waals surface area contributed by atoms with Crippen LogP contribution in [0.15, 0.2) is 15.6 Å². The molecular formula is C5H4BrNO.